The Morgan fingerprint density at radius 3 is 2.49 bits per heavy atom. The Hall–Kier alpha value is -4.41. The molecule has 1 aliphatic heterocycles. The number of esters is 1. The number of nitrogens with zero attached hydrogens (tertiary/aromatic N) is 1. The molecule has 0 spiro atoms. The van der Waals surface area contributed by atoms with Crippen LogP contribution in [0.5, 0.6) is 11.5 Å². The smallest absolute Gasteiger partial charge is 0.344 e. The summed E-state index contributed by atoms with van der Waals surface area (Å²) < 4.78 is 12.0. The Labute approximate surface area is 248 Å². The highest BCUT2D eigenvalue weighted by atomic mass is 79.9. The van der Waals surface area contributed by atoms with Crippen LogP contribution in [0.15, 0.2) is 94.3 Å². The van der Waals surface area contributed by atoms with Gasteiger partial charge in [-0.2, -0.15) is 0 Å². The van der Waals surface area contributed by atoms with E-state index in [2.05, 4.69) is 21.2 Å². The summed E-state index contributed by atoms with van der Waals surface area (Å²) in [5.74, 6) is -1.15. The molecule has 0 aromatic heterocycles. The summed E-state index contributed by atoms with van der Waals surface area (Å²) in [5, 5.41) is 3.79. The fourth-order valence-corrected chi connectivity index (χ4v) is 5.62. The van der Waals surface area contributed by atoms with Gasteiger partial charge >= 0.3 is 5.97 Å². The molecule has 1 N–H and O–H groups in total. The first kappa shape index (κ1) is 28.1. The number of ether oxygens (including phenoxy) is 2. The number of benzene rings is 4. The van der Waals surface area contributed by atoms with Crippen molar-refractivity contribution in [2.45, 2.75) is 6.92 Å². The van der Waals surface area contributed by atoms with Crippen LogP contribution in [0, 0.1) is 0 Å². The van der Waals surface area contributed by atoms with Crippen LogP contribution in [0.2, 0.25) is 0 Å². The summed E-state index contributed by atoms with van der Waals surface area (Å²) in [4.78, 5) is 52.2. The molecular weight excluding hydrogens is 608 g/mol. The third-order valence-corrected chi connectivity index (χ3v) is 7.56. The number of carbonyl (C=O) groups excluding carboxylic acids is 4. The van der Waals surface area contributed by atoms with E-state index < -0.39 is 29.6 Å². The average Bonchev–Trinajstić information content (AvgIpc) is 3.22. The largest absolute Gasteiger partial charge is 0.490 e. The molecule has 0 unspecified atom stereocenters. The van der Waals surface area contributed by atoms with Gasteiger partial charge in [-0.1, -0.05) is 54.6 Å². The molecule has 0 radical (unpaired) electrons. The van der Waals surface area contributed by atoms with Crippen LogP contribution in [-0.2, 0) is 9.59 Å². The highest BCUT2D eigenvalue weighted by Crippen LogP contribution is 2.40. The van der Waals surface area contributed by atoms with Crippen molar-refractivity contribution in [2.75, 3.05) is 18.5 Å². The van der Waals surface area contributed by atoms with Gasteiger partial charge in [0.05, 0.1) is 21.5 Å². The molecule has 3 amide bonds. The molecule has 1 saturated heterocycles. The number of para-hydroxylation sites is 1. The van der Waals surface area contributed by atoms with E-state index in [4.69, 9.17) is 9.47 Å². The lowest BCUT2D eigenvalue weighted by Crippen LogP contribution is -2.36. The molecular formula is C31H23BrN2O6S. The Bertz CT molecular complexity index is 1700. The summed E-state index contributed by atoms with van der Waals surface area (Å²) in [7, 11) is 0. The van der Waals surface area contributed by atoms with Crippen LogP contribution < -0.4 is 14.8 Å². The molecule has 0 aliphatic carbocycles. The maximum Gasteiger partial charge on any atom is 0.344 e. The lowest BCUT2D eigenvalue weighted by molar-refractivity contribution is -0.127. The van der Waals surface area contributed by atoms with Crippen molar-refractivity contribution in [2.24, 2.45) is 0 Å². The third-order valence-electron chi connectivity index (χ3n) is 6.07. The Kier molecular flexibility index (Phi) is 8.51. The summed E-state index contributed by atoms with van der Waals surface area (Å²) in [6, 6.07) is 25.0. The highest BCUT2D eigenvalue weighted by molar-refractivity contribution is 9.10. The van der Waals surface area contributed by atoms with Crippen molar-refractivity contribution in [3.05, 3.63) is 105 Å². The van der Waals surface area contributed by atoms with E-state index in [-0.39, 0.29) is 16.4 Å². The first-order valence-corrected chi connectivity index (χ1v) is 14.2. The maximum absolute atomic E-state index is 13.2. The summed E-state index contributed by atoms with van der Waals surface area (Å²) in [5.41, 5.74) is 1.51. The van der Waals surface area contributed by atoms with Gasteiger partial charge in [0.25, 0.3) is 11.1 Å². The van der Waals surface area contributed by atoms with E-state index in [0.29, 0.717) is 27.9 Å². The number of hydrogen-bond acceptors (Lipinski definition) is 7. The predicted molar refractivity (Wildman–Crippen MR) is 162 cm³/mol. The van der Waals surface area contributed by atoms with Crippen molar-refractivity contribution in [3.8, 4) is 11.5 Å². The first-order valence-electron chi connectivity index (χ1n) is 12.6. The topological polar surface area (TPSA) is 102 Å². The van der Waals surface area contributed by atoms with Gasteiger partial charge in [0.1, 0.15) is 6.54 Å². The van der Waals surface area contributed by atoms with Gasteiger partial charge in [-0.25, -0.2) is 4.79 Å². The third kappa shape index (κ3) is 6.34. The molecule has 4 aromatic carbocycles. The second-order valence-electron chi connectivity index (χ2n) is 8.86. The van der Waals surface area contributed by atoms with Crippen LogP contribution in [-0.4, -0.2) is 41.1 Å². The highest BCUT2D eigenvalue weighted by Gasteiger charge is 2.36. The number of nitrogens with one attached hydrogen (secondary N) is 1. The number of hydrogen-bond donors (Lipinski definition) is 1. The van der Waals surface area contributed by atoms with Gasteiger partial charge in [-0.15, -0.1) is 0 Å². The lowest BCUT2D eigenvalue weighted by atomic mass is 10.0. The molecule has 0 saturated carbocycles. The van der Waals surface area contributed by atoms with Crippen LogP contribution in [0.4, 0.5) is 10.5 Å². The van der Waals surface area contributed by atoms with Crippen LogP contribution in [0.25, 0.3) is 16.8 Å². The zero-order valence-corrected chi connectivity index (χ0v) is 24.2. The minimum Gasteiger partial charge on any atom is -0.490 e. The van der Waals surface area contributed by atoms with Crippen LogP contribution >= 0.6 is 27.7 Å². The molecule has 10 heteroatoms. The Morgan fingerprint density at radius 1 is 0.976 bits per heavy atom. The monoisotopic (exact) mass is 630 g/mol. The molecule has 5 rings (SSSR count). The first-order chi connectivity index (χ1) is 19.8. The normalized spacial score (nSPS) is 14.0. The van der Waals surface area contributed by atoms with Crippen molar-refractivity contribution in [1.29, 1.82) is 0 Å². The number of imide groups is 1. The number of amides is 3. The SMILES string of the molecule is CCOc1cc(/C=C2\SC(=O)N(CC(=O)Nc3ccccc3)C2=O)cc(Br)c1OC(=O)c1cccc2ccccc12. The summed E-state index contributed by atoms with van der Waals surface area (Å²) >= 11 is 4.20. The molecule has 1 fully saturated rings. The predicted octanol–water partition coefficient (Wildman–Crippen LogP) is 6.90. The minimum atomic E-state index is -0.580. The van der Waals surface area contributed by atoms with Gasteiger partial charge in [0, 0.05) is 5.69 Å². The molecule has 206 valence electrons. The molecule has 0 bridgehead atoms. The summed E-state index contributed by atoms with van der Waals surface area (Å²) in [6.45, 7) is 1.68. The van der Waals surface area contributed by atoms with E-state index in [9.17, 15) is 19.2 Å². The molecule has 41 heavy (non-hydrogen) atoms. The van der Waals surface area contributed by atoms with Crippen molar-refractivity contribution in [1.82, 2.24) is 4.90 Å². The molecule has 8 nitrogen and oxygen atoms in total. The standard InChI is InChI=1S/C31H23BrN2O6S/c1-2-39-25-16-19(15-24(32)28(25)40-30(37)23-14-8-10-20-9-6-7-13-22(20)23)17-26-29(36)34(31(38)41-26)18-27(35)33-21-11-4-3-5-12-21/h3-17H,2,18H2,1H3,(H,33,35)/b26-17-. The molecule has 1 heterocycles. The van der Waals surface area contributed by atoms with Gasteiger partial charge in [-0.3, -0.25) is 19.3 Å². The maximum atomic E-state index is 13.2. The lowest BCUT2D eigenvalue weighted by Gasteiger charge is -2.14. The van der Waals surface area contributed by atoms with Crippen molar-refractivity contribution >= 4 is 73.3 Å². The number of rotatable bonds is 8. The molecule has 1 aliphatic rings. The fourth-order valence-electron chi connectivity index (χ4n) is 4.24. The Morgan fingerprint density at radius 2 is 1.71 bits per heavy atom. The van der Waals surface area contributed by atoms with Crippen LogP contribution in [0.1, 0.15) is 22.8 Å². The molecule has 4 aromatic rings. The number of fused-ring (bicyclic) bond motifs is 1. The van der Waals surface area contributed by atoms with E-state index in [1.54, 1.807) is 55.5 Å². The van der Waals surface area contributed by atoms with Crippen LogP contribution in [0.3, 0.4) is 0 Å². The zero-order chi connectivity index (χ0) is 28.9. The van der Waals surface area contributed by atoms with Crippen molar-refractivity contribution < 1.29 is 28.7 Å². The van der Waals surface area contributed by atoms with Crippen molar-refractivity contribution in [3.63, 3.8) is 0 Å². The van der Waals surface area contributed by atoms with E-state index in [0.717, 1.165) is 27.4 Å². The number of anilines is 1. The number of halogens is 1. The summed E-state index contributed by atoms with van der Waals surface area (Å²) in [6.07, 6.45) is 1.53. The fraction of sp³-hybridized carbons (Fsp3) is 0.0968. The van der Waals surface area contributed by atoms with E-state index in [1.165, 1.54) is 6.08 Å². The zero-order valence-electron chi connectivity index (χ0n) is 21.8. The quantitative estimate of drug-likeness (QED) is 0.128. The second kappa shape index (κ2) is 12.4. The molecule has 0 atom stereocenters. The van der Waals surface area contributed by atoms with Gasteiger partial charge in [0.2, 0.25) is 5.91 Å². The second-order valence-corrected chi connectivity index (χ2v) is 10.7. The Balaban J connectivity index is 1.36. The average molecular weight is 632 g/mol. The number of thioether (sulfide) groups is 1. The van der Waals surface area contributed by atoms with Gasteiger partial charge in [0.15, 0.2) is 11.5 Å². The number of carbonyl (C=O) groups is 4. The van der Waals surface area contributed by atoms with E-state index >= 15 is 0 Å². The van der Waals surface area contributed by atoms with E-state index in [1.807, 2.05) is 36.4 Å². The van der Waals surface area contributed by atoms with Gasteiger partial charge < -0.3 is 14.8 Å². The minimum absolute atomic E-state index is 0.150. The van der Waals surface area contributed by atoms with Gasteiger partial charge in [-0.05, 0) is 87.4 Å².